The Balaban J connectivity index is -0.00000000500. The van der Waals surface area contributed by atoms with Crippen LogP contribution >= 0.6 is 0 Å². The van der Waals surface area contributed by atoms with E-state index in [4.69, 9.17) is 3.90 Å². The Labute approximate surface area is 72.3 Å². The zero-order valence-corrected chi connectivity index (χ0v) is 9.44. The summed E-state index contributed by atoms with van der Waals surface area (Å²) >= 11 is 2.62. The van der Waals surface area contributed by atoms with Gasteiger partial charge in [-0.1, -0.05) is 0 Å². The molecule has 0 radical (unpaired) electrons. The van der Waals surface area contributed by atoms with Crippen LogP contribution in [-0.2, 0) is 19.3 Å². The molecule has 4 heavy (non-hydrogen) atoms. The Kier molecular flexibility index (Phi) is 90.0. The van der Waals surface area contributed by atoms with Gasteiger partial charge in [-0.2, -0.15) is 0 Å². The van der Waals surface area contributed by atoms with Crippen LogP contribution in [0.3, 0.4) is 0 Å². The van der Waals surface area contributed by atoms with Crippen LogP contribution in [0.1, 0.15) is 0 Å². The fraction of sp³-hybridized carbons (Fsp3) is 0. The zero-order valence-electron chi connectivity index (χ0n) is 2.17. The minimum absolute atomic E-state index is 0. The third-order valence-corrected chi connectivity index (χ3v) is 0. The van der Waals surface area contributed by atoms with E-state index in [0.29, 0.717) is 0 Å². The molecule has 0 atom stereocenters. The molecule has 0 saturated carbocycles. The molecule has 26 valence electrons. The normalized spacial score (nSPS) is 1.50. The number of hydrogen-bond acceptors (Lipinski definition) is 2. The molecule has 0 saturated heterocycles. The monoisotopic (exact) mass is 230 g/mol. The molecule has 0 fully saturated rings. The van der Waals surface area contributed by atoms with E-state index in [1.807, 2.05) is 0 Å². The van der Waals surface area contributed by atoms with Crippen LogP contribution in [-0.4, -0.2) is 54.4 Å². The second-order valence-electron chi connectivity index (χ2n) is 0. The molecular formula is H2BaNiO2. The molecule has 0 aliphatic rings. The summed E-state index contributed by atoms with van der Waals surface area (Å²) in [5.74, 6) is 0. The summed E-state index contributed by atoms with van der Waals surface area (Å²) in [4.78, 5) is 0. The van der Waals surface area contributed by atoms with Gasteiger partial charge in [0.15, 0.2) is 0 Å². The summed E-state index contributed by atoms with van der Waals surface area (Å²) in [6.45, 7) is 0. The van der Waals surface area contributed by atoms with Crippen molar-refractivity contribution in [1.82, 2.24) is 0 Å². The molecule has 1 N–H and O–H groups in total. The quantitative estimate of drug-likeness (QED) is 0.504. The van der Waals surface area contributed by atoms with Crippen molar-refractivity contribution < 1.29 is 24.8 Å². The van der Waals surface area contributed by atoms with Crippen molar-refractivity contribution in [2.75, 3.05) is 0 Å². The first-order valence-corrected chi connectivity index (χ1v) is 0.532. The number of rotatable bonds is 0. The van der Waals surface area contributed by atoms with Crippen molar-refractivity contribution >= 4 is 48.9 Å². The number of hydrogen-bond donors (Lipinski definition) is 0. The van der Waals surface area contributed by atoms with Gasteiger partial charge >= 0.3 is 68.2 Å². The van der Waals surface area contributed by atoms with Crippen molar-refractivity contribution in [3.8, 4) is 0 Å². The topological polar surface area (TPSA) is 47.1 Å². The van der Waals surface area contributed by atoms with E-state index in [-0.39, 0.29) is 54.4 Å². The summed E-state index contributed by atoms with van der Waals surface area (Å²) in [5, 5.41) is 0. The SMILES string of the molecule is [BaH+].[OH-].[O]=[Ni]. The second-order valence-corrected chi connectivity index (χ2v) is 0. The molecule has 0 spiro atoms. The van der Waals surface area contributed by atoms with Crippen molar-refractivity contribution in [2.45, 2.75) is 0 Å². The summed E-state index contributed by atoms with van der Waals surface area (Å²) in [7, 11) is 0. The molecule has 2 nitrogen and oxygen atoms in total. The van der Waals surface area contributed by atoms with Gasteiger partial charge in [-0.25, -0.2) is 0 Å². The van der Waals surface area contributed by atoms with Crippen LogP contribution in [0.2, 0.25) is 0 Å². The first-order chi connectivity index (χ1) is 1.00. The van der Waals surface area contributed by atoms with Crippen LogP contribution in [0.4, 0.5) is 0 Å². The Hall–Kier alpha value is 1.82. The van der Waals surface area contributed by atoms with E-state index in [1.165, 1.54) is 0 Å². The van der Waals surface area contributed by atoms with Crippen molar-refractivity contribution in [3.63, 3.8) is 0 Å². The van der Waals surface area contributed by atoms with Crippen molar-refractivity contribution in [3.05, 3.63) is 0 Å². The van der Waals surface area contributed by atoms with E-state index in [9.17, 15) is 0 Å². The van der Waals surface area contributed by atoms with Gasteiger partial charge in [0.25, 0.3) is 0 Å². The minimum atomic E-state index is 0. The van der Waals surface area contributed by atoms with E-state index in [1.54, 1.807) is 0 Å². The fourth-order valence-electron chi connectivity index (χ4n) is 0. The predicted molar refractivity (Wildman–Crippen MR) is 9.77 cm³/mol. The predicted octanol–water partition coefficient (Wildman–Crippen LogP) is -0.947. The third-order valence-electron chi connectivity index (χ3n) is 0. The van der Waals surface area contributed by atoms with Crippen molar-refractivity contribution in [1.29, 1.82) is 0 Å². The molecule has 0 aromatic heterocycles. The van der Waals surface area contributed by atoms with E-state index in [2.05, 4.69) is 15.4 Å². The van der Waals surface area contributed by atoms with Gasteiger partial charge < -0.3 is 5.48 Å². The Morgan fingerprint density at radius 1 is 1.25 bits per heavy atom. The van der Waals surface area contributed by atoms with E-state index < -0.39 is 0 Å². The average molecular weight is 230 g/mol. The Bertz CT molecular complexity index is 6.00. The molecule has 0 amide bonds. The van der Waals surface area contributed by atoms with Gasteiger partial charge in [-0.3, -0.25) is 0 Å². The molecule has 0 aliphatic carbocycles. The van der Waals surface area contributed by atoms with E-state index >= 15 is 0 Å². The van der Waals surface area contributed by atoms with Gasteiger partial charge in [0.2, 0.25) is 0 Å². The van der Waals surface area contributed by atoms with E-state index in [0.717, 1.165) is 0 Å². The van der Waals surface area contributed by atoms with Crippen LogP contribution in [0.15, 0.2) is 0 Å². The maximum absolute atomic E-state index is 7.88. The second kappa shape index (κ2) is 21.2. The molecule has 0 rings (SSSR count). The third kappa shape index (κ3) is 9.17. The molecule has 0 aromatic rings. The molecule has 0 heterocycles. The van der Waals surface area contributed by atoms with Gasteiger partial charge in [0, 0.05) is 0 Å². The Morgan fingerprint density at radius 2 is 1.25 bits per heavy atom. The first kappa shape index (κ1) is 17.0. The van der Waals surface area contributed by atoms with Crippen LogP contribution in [0.5, 0.6) is 0 Å². The molecule has 4 heteroatoms. The summed E-state index contributed by atoms with van der Waals surface area (Å²) < 4.78 is 7.88. The standard InChI is InChI=1S/Ba.Ni.H2O.O.H/h;;1H2;;/q+1;;;;/p-1. The molecule has 0 aliphatic heterocycles. The molecular weight excluding hydrogens is 228 g/mol. The molecule has 0 unspecified atom stereocenters. The van der Waals surface area contributed by atoms with Crippen LogP contribution in [0.25, 0.3) is 0 Å². The van der Waals surface area contributed by atoms with Gasteiger partial charge in [-0.05, 0) is 0 Å². The summed E-state index contributed by atoms with van der Waals surface area (Å²) in [5.41, 5.74) is 0. The first-order valence-electron chi connectivity index (χ1n) is 0.129. The average Bonchev–Trinajstić information content (AvgIpc) is 1.00. The molecule has 0 aromatic carbocycles. The van der Waals surface area contributed by atoms with Crippen LogP contribution in [0, 0.1) is 0 Å². The Morgan fingerprint density at radius 3 is 1.25 bits per heavy atom. The van der Waals surface area contributed by atoms with Crippen molar-refractivity contribution in [2.24, 2.45) is 0 Å². The molecule has 0 bridgehead atoms. The summed E-state index contributed by atoms with van der Waals surface area (Å²) in [6, 6.07) is 0. The van der Waals surface area contributed by atoms with Gasteiger partial charge in [-0.15, -0.1) is 0 Å². The zero-order chi connectivity index (χ0) is 2.00. The van der Waals surface area contributed by atoms with Crippen LogP contribution < -0.4 is 0 Å². The fourth-order valence-corrected chi connectivity index (χ4v) is 0. The maximum atomic E-state index is 7.88. The van der Waals surface area contributed by atoms with Gasteiger partial charge in [0.1, 0.15) is 0 Å². The van der Waals surface area contributed by atoms with Gasteiger partial charge in [0.05, 0.1) is 0 Å². The summed E-state index contributed by atoms with van der Waals surface area (Å²) in [6.07, 6.45) is 0.